The fraction of sp³-hybridized carbons (Fsp3) is 0.167. The van der Waals surface area contributed by atoms with Crippen LogP contribution in [0.25, 0.3) is 6.08 Å². The molecule has 2 aromatic rings. The Balaban J connectivity index is 2.19. The molecule has 0 aromatic heterocycles. The lowest BCUT2D eigenvalue weighted by Gasteiger charge is -2.09. The van der Waals surface area contributed by atoms with Crippen LogP contribution < -0.4 is 15.2 Å². The summed E-state index contributed by atoms with van der Waals surface area (Å²) in [6.45, 7) is 3.96. The van der Waals surface area contributed by atoms with E-state index < -0.39 is 10.0 Å². The number of rotatable bonds is 5. The summed E-state index contributed by atoms with van der Waals surface area (Å²) in [5.74, 6) is -0.267. The lowest BCUT2D eigenvalue weighted by Crippen LogP contribution is -2.15. The van der Waals surface area contributed by atoms with Crippen molar-refractivity contribution in [3.63, 3.8) is 0 Å². The molecule has 0 atom stereocenters. The highest BCUT2D eigenvalue weighted by molar-refractivity contribution is 7.89. The van der Waals surface area contributed by atoms with Crippen molar-refractivity contribution in [1.29, 1.82) is 0 Å². The number of carbonyl (C=O) groups excluding carboxylic acids is 1. The van der Waals surface area contributed by atoms with Gasteiger partial charge in [0, 0.05) is 11.8 Å². The number of hydrogen-bond donors (Lipinski definition) is 2. The van der Waals surface area contributed by atoms with E-state index in [1.165, 1.54) is 31.4 Å². The van der Waals surface area contributed by atoms with Crippen LogP contribution in [-0.4, -0.2) is 21.4 Å². The highest BCUT2D eigenvalue weighted by Gasteiger charge is 2.16. The van der Waals surface area contributed by atoms with Crippen LogP contribution in [0, 0.1) is 13.8 Å². The molecule has 0 aliphatic rings. The Labute approximate surface area is 147 Å². The standard InChI is InChI=1S/C18H20N2O4S/c1-12-4-5-14(13(2)10-12)6-9-18(21)20-15-7-8-16(24-3)17(11-15)25(19,22)23/h4-11H,1-3H3,(H,20,21)(H2,19,22,23)/b9-6+. The number of nitrogens with one attached hydrogen (secondary N) is 1. The zero-order valence-electron chi connectivity index (χ0n) is 14.2. The topological polar surface area (TPSA) is 98.5 Å². The molecule has 2 aromatic carbocycles. The quantitative estimate of drug-likeness (QED) is 0.801. The summed E-state index contributed by atoms with van der Waals surface area (Å²) < 4.78 is 28.2. The minimum atomic E-state index is -3.96. The summed E-state index contributed by atoms with van der Waals surface area (Å²) in [5.41, 5.74) is 3.44. The van der Waals surface area contributed by atoms with Crippen molar-refractivity contribution in [3.8, 4) is 5.75 Å². The van der Waals surface area contributed by atoms with E-state index in [2.05, 4.69) is 5.32 Å². The second kappa shape index (κ2) is 7.50. The van der Waals surface area contributed by atoms with E-state index in [0.717, 1.165) is 16.7 Å². The second-order valence-electron chi connectivity index (χ2n) is 5.59. The Morgan fingerprint density at radius 2 is 1.88 bits per heavy atom. The fourth-order valence-electron chi connectivity index (χ4n) is 2.34. The molecule has 2 rings (SSSR count). The number of hydrogen-bond acceptors (Lipinski definition) is 4. The van der Waals surface area contributed by atoms with Crippen LogP contribution in [-0.2, 0) is 14.8 Å². The van der Waals surface area contributed by atoms with E-state index in [4.69, 9.17) is 9.88 Å². The van der Waals surface area contributed by atoms with Crippen LogP contribution in [0.15, 0.2) is 47.4 Å². The first-order valence-electron chi connectivity index (χ1n) is 7.48. The Morgan fingerprint density at radius 3 is 2.48 bits per heavy atom. The first kappa shape index (κ1) is 18.7. The molecule has 0 bridgehead atoms. The molecule has 0 saturated carbocycles. The van der Waals surface area contributed by atoms with Gasteiger partial charge in [-0.25, -0.2) is 13.6 Å². The average Bonchev–Trinajstić information content (AvgIpc) is 2.53. The van der Waals surface area contributed by atoms with Gasteiger partial charge in [-0.15, -0.1) is 0 Å². The molecule has 7 heteroatoms. The molecule has 0 fully saturated rings. The third-order valence-electron chi connectivity index (χ3n) is 3.58. The zero-order chi connectivity index (χ0) is 18.6. The number of nitrogens with two attached hydrogens (primary N) is 1. The van der Waals surface area contributed by atoms with Crippen LogP contribution in [0.5, 0.6) is 5.75 Å². The summed E-state index contributed by atoms with van der Waals surface area (Å²) in [7, 11) is -2.62. The highest BCUT2D eigenvalue weighted by Crippen LogP contribution is 2.26. The van der Waals surface area contributed by atoms with Gasteiger partial charge in [0.15, 0.2) is 0 Å². The van der Waals surface area contributed by atoms with E-state index in [-0.39, 0.29) is 16.6 Å². The largest absolute Gasteiger partial charge is 0.495 e. The number of ether oxygens (including phenoxy) is 1. The molecule has 0 aliphatic heterocycles. The summed E-state index contributed by atoms with van der Waals surface area (Å²) >= 11 is 0. The first-order valence-corrected chi connectivity index (χ1v) is 9.02. The zero-order valence-corrected chi connectivity index (χ0v) is 15.1. The van der Waals surface area contributed by atoms with Gasteiger partial charge in [0.25, 0.3) is 0 Å². The van der Waals surface area contributed by atoms with E-state index in [1.54, 1.807) is 6.08 Å². The predicted octanol–water partition coefficient (Wildman–Crippen LogP) is 2.61. The molecule has 25 heavy (non-hydrogen) atoms. The van der Waals surface area contributed by atoms with Crippen LogP contribution in [0.4, 0.5) is 5.69 Å². The Morgan fingerprint density at radius 1 is 1.16 bits per heavy atom. The molecule has 1 amide bonds. The maximum Gasteiger partial charge on any atom is 0.248 e. The van der Waals surface area contributed by atoms with Crippen LogP contribution in [0.3, 0.4) is 0 Å². The second-order valence-corrected chi connectivity index (χ2v) is 7.12. The van der Waals surface area contributed by atoms with Gasteiger partial charge >= 0.3 is 0 Å². The molecule has 6 nitrogen and oxygen atoms in total. The molecular weight excluding hydrogens is 340 g/mol. The first-order chi connectivity index (χ1) is 11.7. The summed E-state index contributed by atoms with van der Waals surface area (Å²) in [4.78, 5) is 11.9. The number of aryl methyl sites for hydroxylation is 2. The number of primary sulfonamides is 1. The van der Waals surface area contributed by atoms with Crippen LogP contribution in [0.2, 0.25) is 0 Å². The number of benzene rings is 2. The normalized spacial score (nSPS) is 11.5. The van der Waals surface area contributed by atoms with Crippen molar-refractivity contribution in [2.45, 2.75) is 18.7 Å². The SMILES string of the molecule is COc1ccc(NC(=O)/C=C/c2ccc(C)cc2C)cc1S(N)(=O)=O. The van der Waals surface area contributed by atoms with Gasteiger partial charge in [-0.05, 0) is 49.2 Å². The van der Waals surface area contributed by atoms with Gasteiger partial charge in [-0.1, -0.05) is 23.8 Å². The van der Waals surface area contributed by atoms with Gasteiger partial charge in [0.2, 0.25) is 15.9 Å². The highest BCUT2D eigenvalue weighted by atomic mass is 32.2. The van der Waals surface area contributed by atoms with E-state index in [9.17, 15) is 13.2 Å². The van der Waals surface area contributed by atoms with Crippen molar-refractivity contribution >= 4 is 27.7 Å². The minimum absolute atomic E-state index is 0.117. The summed E-state index contributed by atoms with van der Waals surface area (Å²) in [6.07, 6.45) is 3.09. The van der Waals surface area contributed by atoms with Gasteiger partial charge in [0.1, 0.15) is 10.6 Å². The molecule has 0 aliphatic carbocycles. The van der Waals surface area contributed by atoms with E-state index in [0.29, 0.717) is 5.69 Å². The lowest BCUT2D eigenvalue weighted by molar-refractivity contribution is -0.111. The van der Waals surface area contributed by atoms with Gasteiger partial charge in [-0.3, -0.25) is 4.79 Å². The number of methoxy groups -OCH3 is 1. The summed E-state index contributed by atoms with van der Waals surface area (Å²) in [5, 5.41) is 7.77. The van der Waals surface area contributed by atoms with E-state index >= 15 is 0 Å². The van der Waals surface area contributed by atoms with Gasteiger partial charge in [0.05, 0.1) is 7.11 Å². The Kier molecular flexibility index (Phi) is 5.61. The average molecular weight is 360 g/mol. The third-order valence-corrected chi connectivity index (χ3v) is 4.51. The predicted molar refractivity (Wildman–Crippen MR) is 97.9 cm³/mol. The minimum Gasteiger partial charge on any atom is -0.495 e. The summed E-state index contributed by atoms with van der Waals surface area (Å²) in [6, 6.07) is 10.2. The molecule has 0 saturated heterocycles. The number of sulfonamides is 1. The van der Waals surface area contributed by atoms with Gasteiger partial charge < -0.3 is 10.1 Å². The van der Waals surface area contributed by atoms with Crippen molar-refractivity contribution in [2.75, 3.05) is 12.4 Å². The Hall–Kier alpha value is -2.64. The lowest BCUT2D eigenvalue weighted by atomic mass is 10.1. The van der Waals surface area contributed by atoms with E-state index in [1.807, 2.05) is 32.0 Å². The molecular formula is C18H20N2O4S. The molecule has 132 valence electrons. The fourth-order valence-corrected chi connectivity index (χ4v) is 3.06. The Bertz CT molecular complexity index is 934. The van der Waals surface area contributed by atoms with Crippen LogP contribution in [0.1, 0.15) is 16.7 Å². The van der Waals surface area contributed by atoms with Crippen molar-refractivity contribution in [3.05, 3.63) is 59.2 Å². The smallest absolute Gasteiger partial charge is 0.248 e. The van der Waals surface area contributed by atoms with Gasteiger partial charge in [-0.2, -0.15) is 0 Å². The molecule has 0 heterocycles. The maximum atomic E-state index is 12.1. The monoisotopic (exact) mass is 360 g/mol. The molecule has 0 spiro atoms. The van der Waals surface area contributed by atoms with Crippen molar-refractivity contribution in [1.82, 2.24) is 0 Å². The molecule has 3 N–H and O–H groups in total. The van der Waals surface area contributed by atoms with Crippen molar-refractivity contribution < 1.29 is 17.9 Å². The third kappa shape index (κ3) is 4.91. The van der Waals surface area contributed by atoms with Crippen molar-refractivity contribution in [2.24, 2.45) is 5.14 Å². The molecule has 0 radical (unpaired) electrons. The number of carbonyl (C=O) groups is 1. The van der Waals surface area contributed by atoms with Crippen LogP contribution >= 0.6 is 0 Å². The maximum absolute atomic E-state index is 12.1. The number of anilines is 1. The molecule has 0 unspecified atom stereocenters. The number of amides is 1.